The number of carbonyl (C=O) groups excluding carboxylic acids is 1. The molecule has 1 aromatic carbocycles. The van der Waals surface area contributed by atoms with Gasteiger partial charge in [0.1, 0.15) is 5.75 Å². The van der Waals surface area contributed by atoms with Crippen molar-refractivity contribution in [2.45, 2.75) is 46.1 Å². The lowest BCUT2D eigenvalue weighted by atomic mass is 9.89. The fourth-order valence-electron chi connectivity index (χ4n) is 1.72. The second-order valence-electron chi connectivity index (χ2n) is 6.38. The van der Waals surface area contributed by atoms with Crippen LogP contribution in [0.2, 0.25) is 0 Å². The fourth-order valence-corrected chi connectivity index (χ4v) is 1.72. The third kappa shape index (κ3) is 7.88. The van der Waals surface area contributed by atoms with Gasteiger partial charge in [-0.15, -0.1) is 13.2 Å². The number of aryl methyl sites for hydroxylation is 1. The summed E-state index contributed by atoms with van der Waals surface area (Å²) in [5, 5.41) is 12.5. The number of halogens is 3. The van der Waals surface area contributed by atoms with Crippen LogP contribution < -0.4 is 10.1 Å². The van der Waals surface area contributed by atoms with Crippen LogP contribution in [0.3, 0.4) is 0 Å². The van der Waals surface area contributed by atoms with Crippen LogP contribution in [0.5, 0.6) is 5.75 Å². The molecule has 0 spiro atoms. The molecule has 0 heterocycles. The summed E-state index contributed by atoms with van der Waals surface area (Å²) >= 11 is 0. The van der Waals surface area contributed by atoms with Gasteiger partial charge in [0, 0.05) is 13.0 Å². The summed E-state index contributed by atoms with van der Waals surface area (Å²) in [5.74, 6) is -0.511. The Labute approximate surface area is 133 Å². The van der Waals surface area contributed by atoms with Crippen molar-refractivity contribution in [1.29, 1.82) is 0 Å². The first-order valence-electron chi connectivity index (χ1n) is 7.27. The van der Waals surface area contributed by atoms with E-state index >= 15 is 0 Å². The molecule has 7 heteroatoms. The van der Waals surface area contributed by atoms with Crippen LogP contribution in [-0.2, 0) is 11.2 Å². The lowest BCUT2D eigenvalue weighted by Gasteiger charge is -2.25. The van der Waals surface area contributed by atoms with Crippen molar-refractivity contribution in [2.24, 2.45) is 5.41 Å². The van der Waals surface area contributed by atoms with Crippen molar-refractivity contribution in [2.75, 3.05) is 6.54 Å². The number of hydrogen-bond acceptors (Lipinski definition) is 3. The van der Waals surface area contributed by atoms with E-state index in [-0.39, 0.29) is 30.0 Å². The van der Waals surface area contributed by atoms with Gasteiger partial charge in [-0.3, -0.25) is 4.79 Å². The van der Waals surface area contributed by atoms with Gasteiger partial charge in [0.15, 0.2) is 0 Å². The van der Waals surface area contributed by atoms with E-state index in [1.807, 2.05) is 20.8 Å². The average Bonchev–Trinajstić information content (AvgIpc) is 2.41. The van der Waals surface area contributed by atoms with Crippen molar-refractivity contribution in [3.05, 3.63) is 29.8 Å². The van der Waals surface area contributed by atoms with Gasteiger partial charge < -0.3 is 15.2 Å². The molecule has 0 aromatic heterocycles. The quantitative estimate of drug-likeness (QED) is 0.841. The van der Waals surface area contributed by atoms with Crippen molar-refractivity contribution < 1.29 is 27.8 Å². The Balaban J connectivity index is 2.39. The molecule has 0 aliphatic rings. The highest BCUT2D eigenvalue weighted by atomic mass is 19.4. The fraction of sp³-hybridized carbons (Fsp3) is 0.562. The van der Waals surface area contributed by atoms with Gasteiger partial charge in [0.05, 0.1) is 6.10 Å². The molecular formula is C16H22F3NO3. The van der Waals surface area contributed by atoms with E-state index in [0.717, 1.165) is 5.56 Å². The van der Waals surface area contributed by atoms with Crippen LogP contribution in [0.25, 0.3) is 0 Å². The molecule has 1 atom stereocenters. The molecule has 0 aliphatic carbocycles. The third-order valence-electron chi connectivity index (χ3n) is 3.29. The van der Waals surface area contributed by atoms with E-state index in [1.165, 1.54) is 24.3 Å². The van der Waals surface area contributed by atoms with E-state index in [1.54, 1.807) is 0 Å². The van der Waals surface area contributed by atoms with Gasteiger partial charge in [-0.05, 0) is 29.5 Å². The Morgan fingerprint density at radius 3 is 2.26 bits per heavy atom. The highest BCUT2D eigenvalue weighted by molar-refractivity contribution is 5.76. The minimum atomic E-state index is -4.71. The summed E-state index contributed by atoms with van der Waals surface area (Å²) in [6, 6.07) is 5.39. The highest BCUT2D eigenvalue weighted by Crippen LogP contribution is 2.23. The number of carbonyl (C=O) groups is 1. The van der Waals surface area contributed by atoms with Crippen LogP contribution in [0.15, 0.2) is 24.3 Å². The number of nitrogens with one attached hydrogen (secondary N) is 1. The zero-order valence-electron chi connectivity index (χ0n) is 13.4. The zero-order chi connectivity index (χ0) is 17.7. The van der Waals surface area contributed by atoms with E-state index in [9.17, 15) is 23.1 Å². The van der Waals surface area contributed by atoms with Crippen molar-refractivity contribution in [3.63, 3.8) is 0 Å². The van der Waals surface area contributed by atoms with Gasteiger partial charge in [-0.1, -0.05) is 32.9 Å². The van der Waals surface area contributed by atoms with Crippen LogP contribution in [0.1, 0.15) is 32.8 Å². The standard InChI is InChI=1S/C16H22F3NO3/c1-15(2,3)13(21)10-20-14(22)9-6-11-4-7-12(8-5-11)23-16(17,18)19/h4-5,7-8,13,21H,6,9-10H2,1-3H3,(H,20,22). The first kappa shape index (κ1) is 19.3. The molecule has 1 unspecified atom stereocenters. The Morgan fingerprint density at radius 2 is 1.78 bits per heavy atom. The summed E-state index contributed by atoms with van der Waals surface area (Å²) in [4.78, 5) is 11.7. The summed E-state index contributed by atoms with van der Waals surface area (Å²) in [7, 11) is 0. The lowest BCUT2D eigenvalue weighted by Crippen LogP contribution is -2.39. The van der Waals surface area contributed by atoms with Crippen molar-refractivity contribution in [3.8, 4) is 5.75 Å². The van der Waals surface area contributed by atoms with E-state index in [0.29, 0.717) is 6.42 Å². The van der Waals surface area contributed by atoms with Gasteiger partial charge >= 0.3 is 6.36 Å². The second-order valence-corrected chi connectivity index (χ2v) is 6.38. The number of aliphatic hydroxyl groups excluding tert-OH is 1. The third-order valence-corrected chi connectivity index (χ3v) is 3.29. The largest absolute Gasteiger partial charge is 0.573 e. The maximum absolute atomic E-state index is 12.0. The van der Waals surface area contributed by atoms with E-state index in [2.05, 4.69) is 10.1 Å². The molecule has 0 fully saturated rings. The smallest absolute Gasteiger partial charge is 0.406 e. The number of amides is 1. The van der Waals surface area contributed by atoms with Gasteiger partial charge in [-0.2, -0.15) is 0 Å². The van der Waals surface area contributed by atoms with Crippen molar-refractivity contribution in [1.82, 2.24) is 5.32 Å². The van der Waals surface area contributed by atoms with Crippen LogP contribution >= 0.6 is 0 Å². The number of benzene rings is 1. The van der Waals surface area contributed by atoms with E-state index < -0.39 is 12.5 Å². The predicted molar refractivity (Wildman–Crippen MR) is 79.9 cm³/mol. The molecule has 2 N–H and O–H groups in total. The monoisotopic (exact) mass is 333 g/mol. The minimum absolute atomic E-state index is 0.167. The molecule has 1 rings (SSSR count). The molecule has 4 nitrogen and oxygen atoms in total. The number of aliphatic hydroxyl groups is 1. The molecular weight excluding hydrogens is 311 g/mol. The highest BCUT2D eigenvalue weighted by Gasteiger charge is 2.30. The molecule has 1 amide bonds. The first-order chi connectivity index (χ1) is 10.5. The number of rotatable bonds is 6. The summed E-state index contributed by atoms with van der Waals surface area (Å²) in [5.41, 5.74) is 0.410. The number of alkyl halides is 3. The molecule has 23 heavy (non-hydrogen) atoms. The molecule has 0 saturated heterocycles. The maximum Gasteiger partial charge on any atom is 0.573 e. The van der Waals surface area contributed by atoms with Gasteiger partial charge in [0.25, 0.3) is 0 Å². The number of hydrogen-bond donors (Lipinski definition) is 2. The average molecular weight is 333 g/mol. The first-order valence-corrected chi connectivity index (χ1v) is 7.27. The Morgan fingerprint density at radius 1 is 1.22 bits per heavy atom. The Kier molecular flexibility index (Phi) is 6.44. The van der Waals surface area contributed by atoms with Crippen LogP contribution in [-0.4, -0.2) is 30.0 Å². The van der Waals surface area contributed by atoms with Gasteiger partial charge in [0.2, 0.25) is 5.91 Å². The Bertz CT molecular complexity index is 507. The van der Waals surface area contributed by atoms with Gasteiger partial charge in [-0.25, -0.2) is 0 Å². The Hall–Kier alpha value is -1.76. The normalized spacial score (nSPS) is 13.5. The molecule has 1 aromatic rings. The lowest BCUT2D eigenvalue weighted by molar-refractivity contribution is -0.274. The predicted octanol–water partition coefficient (Wildman–Crippen LogP) is 3.04. The van der Waals surface area contributed by atoms with Crippen LogP contribution in [0, 0.1) is 5.41 Å². The summed E-state index contributed by atoms with van der Waals surface area (Å²) in [6.07, 6.45) is -4.78. The molecule has 0 saturated carbocycles. The summed E-state index contributed by atoms with van der Waals surface area (Å²) in [6.45, 7) is 5.78. The second kappa shape index (κ2) is 7.68. The van der Waals surface area contributed by atoms with Crippen LogP contribution in [0.4, 0.5) is 13.2 Å². The molecule has 0 bridgehead atoms. The maximum atomic E-state index is 12.0. The molecule has 0 aliphatic heterocycles. The minimum Gasteiger partial charge on any atom is -0.406 e. The molecule has 130 valence electrons. The van der Waals surface area contributed by atoms with E-state index in [4.69, 9.17) is 0 Å². The van der Waals surface area contributed by atoms with Crippen molar-refractivity contribution >= 4 is 5.91 Å². The number of ether oxygens (including phenoxy) is 1. The topological polar surface area (TPSA) is 58.6 Å². The summed E-state index contributed by atoms with van der Waals surface area (Å²) < 4.78 is 39.9. The zero-order valence-corrected chi connectivity index (χ0v) is 13.4. The molecule has 0 radical (unpaired) electrons. The SMILES string of the molecule is CC(C)(C)C(O)CNC(=O)CCc1ccc(OC(F)(F)F)cc1.